The summed E-state index contributed by atoms with van der Waals surface area (Å²) in [6.45, 7) is 2.84. The van der Waals surface area contributed by atoms with Gasteiger partial charge in [0.15, 0.2) is 5.82 Å². The lowest BCUT2D eigenvalue weighted by atomic mass is 10.1. The summed E-state index contributed by atoms with van der Waals surface area (Å²) in [5.74, 6) is 3.66. The fourth-order valence-corrected chi connectivity index (χ4v) is 7.60. The number of piperidine rings is 1. The number of amides is 1. The van der Waals surface area contributed by atoms with Crippen LogP contribution in [-0.4, -0.2) is 64.3 Å². The van der Waals surface area contributed by atoms with Crippen LogP contribution < -0.4 is 15.4 Å². The predicted octanol–water partition coefficient (Wildman–Crippen LogP) is 5.41. The maximum absolute atomic E-state index is 13.7. The van der Waals surface area contributed by atoms with Crippen LogP contribution in [0.2, 0.25) is 0 Å². The number of anilines is 1. The van der Waals surface area contributed by atoms with Crippen molar-refractivity contribution in [3.8, 4) is 17.3 Å². The quantitative estimate of drug-likeness (QED) is 0.293. The molecule has 3 atom stereocenters. The average molecular weight is 567 g/mol. The van der Waals surface area contributed by atoms with Gasteiger partial charge >= 0.3 is 0 Å². The summed E-state index contributed by atoms with van der Waals surface area (Å²) in [6.07, 6.45) is 8.75. The van der Waals surface area contributed by atoms with Crippen LogP contribution >= 0.6 is 0 Å². The van der Waals surface area contributed by atoms with Gasteiger partial charge < -0.3 is 29.4 Å². The van der Waals surface area contributed by atoms with Gasteiger partial charge in [-0.2, -0.15) is 0 Å². The standard InChI is InChI=1S/C34H42N6O2/c1-37(13-12-20-4-5-20)25-10-8-22-15-29(39(28(22)17-25)18-21-6-7-21)33-36-26-14-24(16-30(42-3)32(26)38(33)2)34(41)40-19-23-9-11-27(40)31(23)35/h8,10,14-17,20-21,23,27,31H,4-7,9,11-13,18-19,35H2,1-3H3/t23-,27?,31?/m1/s1. The number of aryl methyl sites for hydroxylation is 1. The van der Waals surface area contributed by atoms with Gasteiger partial charge in [-0.05, 0) is 80.2 Å². The summed E-state index contributed by atoms with van der Waals surface area (Å²) in [5, 5.41) is 1.24. The molecule has 8 heteroatoms. The Morgan fingerprint density at radius 2 is 1.88 bits per heavy atom. The predicted molar refractivity (Wildman–Crippen MR) is 167 cm³/mol. The molecule has 1 saturated heterocycles. The number of rotatable bonds is 9. The van der Waals surface area contributed by atoms with Gasteiger partial charge in [0, 0.05) is 62.5 Å². The third kappa shape index (κ3) is 4.29. The van der Waals surface area contributed by atoms with Crippen molar-refractivity contribution in [3.05, 3.63) is 42.0 Å². The van der Waals surface area contributed by atoms with E-state index in [-0.39, 0.29) is 18.0 Å². The second-order valence-electron chi connectivity index (χ2n) is 13.5. The molecule has 2 unspecified atom stereocenters. The Bertz CT molecular complexity index is 1700. The van der Waals surface area contributed by atoms with Crippen molar-refractivity contribution in [2.45, 2.75) is 63.6 Å². The van der Waals surface area contributed by atoms with E-state index >= 15 is 0 Å². The molecule has 0 radical (unpaired) electrons. The lowest BCUT2D eigenvalue weighted by Crippen LogP contribution is -2.41. The Hall–Kier alpha value is -3.52. The zero-order valence-electron chi connectivity index (χ0n) is 25.1. The average Bonchev–Trinajstić information content (AvgIpc) is 3.90. The summed E-state index contributed by atoms with van der Waals surface area (Å²) < 4.78 is 10.5. The minimum Gasteiger partial charge on any atom is -0.494 e. The number of carbonyl (C=O) groups excluding carboxylic acids is 1. The van der Waals surface area contributed by atoms with Gasteiger partial charge in [0.2, 0.25) is 0 Å². The van der Waals surface area contributed by atoms with Crippen molar-refractivity contribution in [1.29, 1.82) is 0 Å². The molecule has 2 N–H and O–H groups in total. The van der Waals surface area contributed by atoms with Gasteiger partial charge in [-0.1, -0.05) is 18.9 Å². The van der Waals surface area contributed by atoms with Crippen molar-refractivity contribution in [1.82, 2.24) is 19.0 Å². The molecular formula is C34H42N6O2. The van der Waals surface area contributed by atoms with E-state index < -0.39 is 0 Å². The summed E-state index contributed by atoms with van der Waals surface area (Å²) in [7, 11) is 5.95. The minimum atomic E-state index is 0.0336. The molecule has 4 aromatic rings. The minimum absolute atomic E-state index is 0.0336. The molecule has 2 aromatic carbocycles. The first-order valence-electron chi connectivity index (χ1n) is 15.9. The lowest BCUT2D eigenvalue weighted by Gasteiger charge is -2.27. The molecule has 1 aliphatic heterocycles. The highest BCUT2D eigenvalue weighted by Crippen LogP contribution is 2.41. The Morgan fingerprint density at radius 3 is 2.57 bits per heavy atom. The summed E-state index contributed by atoms with van der Waals surface area (Å²) in [6, 6.07) is 13.2. The normalized spacial score (nSPS) is 23.4. The fourth-order valence-electron chi connectivity index (χ4n) is 7.60. The summed E-state index contributed by atoms with van der Waals surface area (Å²) >= 11 is 0. The number of benzene rings is 2. The first-order chi connectivity index (χ1) is 20.4. The highest BCUT2D eigenvalue weighted by Gasteiger charge is 2.47. The lowest BCUT2D eigenvalue weighted by molar-refractivity contribution is 0.0700. The topological polar surface area (TPSA) is 81.6 Å². The van der Waals surface area contributed by atoms with E-state index in [0.717, 1.165) is 60.9 Å². The van der Waals surface area contributed by atoms with E-state index in [1.54, 1.807) is 7.11 Å². The van der Waals surface area contributed by atoms with Crippen LogP contribution in [0, 0.1) is 17.8 Å². The highest BCUT2D eigenvalue weighted by atomic mass is 16.5. The van der Waals surface area contributed by atoms with Crippen molar-refractivity contribution < 1.29 is 9.53 Å². The SMILES string of the molecule is COc1cc(C(=O)N2C[C@H]3CCC2C3N)cc2nc(-c3cc4ccc(N(C)CCC5CC5)cc4n3CC3CC3)n(C)c12. The maximum Gasteiger partial charge on any atom is 0.254 e. The summed E-state index contributed by atoms with van der Waals surface area (Å²) in [4.78, 5) is 23.3. The van der Waals surface area contributed by atoms with Gasteiger partial charge in [-0.3, -0.25) is 4.79 Å². The van der Waals surface area contributed by atoms with E-state index in [2.05, 4.69) is 52.4 Å². The number of methoxy groups -OCH3 is 1. The molecule has 3 heterocycles. The van der Waals surface area contributed by atoms with E-state index in [1.165, 1.54) is 48.7 Å². The molecule has 2 bridgehead atoms. The molecule has 4 fully saturated rings. The number of ether oxygens (including phenoxy) is 1. The van der Waals surface area contributed by atoms with Crippen LogP contribution in [0.25, 0.3) is 33.5 Å². The molecule has 8 nitrogen and oxygen atoms in total. The Labute approximate surface area is 247 Å². The van der Waals surface area contributed by atoms with E-state index in [4.69, 9.17) is 15.5 Å². The number of imidazole rings is 1. The number of hydrogen-bond donors (Lipinski definition) is 1. The van der Waals surface area contributed by atoms with Crippen molar-refractivity contribution in [2.75, 3.05) is 32.1 Å². The zero-order valence-corrected chi connectivity index (χ0v) is 25.1. The Kier molecular flexibility index (Phi) is 6.07. The first kappa shape index (κ1) is 26.1. The molecule has 3 saturated carbocycles. The number of hydrogen-bond acceptors (Lipinski definition) is 5. The molecule has 220 valence electrons. The van der Waals surface area contributed by atoms with Crippen molar-refractivity contribution in [3.63, 3.8) is 0 Å². The molecular weight excluding hydrogens is 524 g/mol. The van der Waals surface area contributed by atoms with Crippen LogP contribution in [-0.2, 0) is 13.6 Å². The monoisotopic (exact) mass is 566 g/mol. The molecule has 42 heavy (non-hydrogen) atoms. The van der Waals surface area contributed by atoms with Crippen LogP contribution in [0.5, 0.6) is 5.75 Å². The van der Waals surface area contributed by atoms with Crippen LogP contribution in [0.15, 0.2) is 36.4 Å². The van der Waals surface area contributed by atoms with Crippen LogP contribution in [0.3, 0.4) is 0 Å². The van der Waals surface area contributed by atoms with E-state index in [0.29, 0.717) is 23.1 Å². The van der Waals surface area contributed by atoms with Gasteiger partial charge in [-0.15, -0.1) is 0 Å². The smallest absolute Gasteiger partial charge is 0.254 e. The van der Waals surface area contributed by atoms with Gasteiger partial charge in [0.05, 0.1) is 23.8 Å². The third-order valence-electron chi connectivity index (χ3n) is 10.6. The van der Waals surface area contributed by atoms with Crippen molar-refractivity contribution >= 4 is 33.5 Å². The number of fused-ring (bicyclic) bond motifs is 4. The largest absolute Gasteiger partial charge is 0.494 e. The van der Waals surface area contributed by atoms with Crippen molar-refractivity contribution in [2.24, 2.45) is 30.5 Å². The number of aromatic nitrogens is 3. The number of nitrogens with two attached hydrogens (primary N) is 1. The van der Waals surface area contributed by atoms with E-state index in [1.807, 2.05) is 17.0 Å². The second kappa shape index (κ2) is 9.76. The zero-order chi connectivity index (χ0) is 28.7. The van der Waals surface area contributed by atoms with Crippen LogP contribution in [0.4, 0.5) is 5.69 Å². The van der Waals surface area contributed by atoms with Crippen LogP contribution in [0.1, 0.15) is 55.3 Å². The Morgan fingerprint density at radius 1 is 1.07 bits per heavy atom. The van der Waals surface area contributed by atoms with E-state index in [9.17, 15) is 4.79 Å². The van der Waals surface area contributed by atoms with Gasteiger partial charge in [0.25, 0.3) is 5.91 Å². The second-order valence-corrected chi connectivity index (χ2v) is 13.5. The first-order valence-corrected chi connectivity index (χ1v) is 15.9. The maximum atomic E-state index is 13.7. The molecule has 8 rings (SSSR count). The highest BCUT2D eigenvalue weighted by molar-refractivity contribution is 6.00. The summed E-state index contributed by atoms with van der Waals surface area (Å²) in [5.41, 5.74) is 12.4. The molecule has 0 spiro atoms. The van der Waals surface area contributed by atoms with Gasteiger partial charge in [0.1, 0.15) is 11.3 Å². The number of likely N-dealkylation sites (tertiary alicyclic amines) is 1. The van der Waals surface area contributed by atoms with Gasteiger partial charge in [-0.25, -0.2) is 4.98 Å². The molecule has 4 aliphatic rings. The molecule has 2 aromatic heterocycles. The molecule has 3 aliphatic carbocycles. The molecule has 1 amide bonds. The Balaban J connectivity index is 1.19. The number of nitrogens with zero attached hydrogens (tertiary/aromatic N) is 5. The fraction of sp³-hybridized carbons (Fsp3) is 0.529. The number of carbonyl (C=O) groups is 1. The third-order valence-corrected chi connectivity index (χ3v) is 10.6.